The third kappa shape index (κ3) is 3.36. The summed E-state index contributed by atoms with van der Waals surface area (Å²) in [5.74, 6) is 0.232. The number of hydrogen-bond acceptors (Lipinski definition) is 5. The van der Waals surface area contributed by atoms with Crippen molar-refractivity contribution in [2.24, 2.45) is 22.7 Å². The number of piperazine rings is 1. The molecule has 0 radical (unpaired) electrons. The largest absolute Gasteiger partial charge is 0.508 e. The van der Waals surface area contributed by atoms with Crippen LogP contribution in [0.5, 0.6) is 5.75 Å². The third-order valence-corrected chi connectivity index (χ3v) is 11.6. The van der Waals surface area contributed by atoms with Crippen LogP contribution in [0, 0.1) is 22.7 Å². The summed E-state index contributed by atoms with van der Waals surface area (Å²) >= 11 is 0. The summed E-state index contributed by atoms with van der Waals surface area (Å²) in [7, 11) is -3.63. The molecule has 2 heterocycles. The molecule has 2 aliphatic carbocycles. The van der Waals surface area contributed by atoms with E-state index in [1.165, 1.54) is 18.6 Å². The van der Waals surface area contributed by atoms with Crippen molar-refractivity contribution in [3.05, 3.63) is 23.3 Å². The number of fused-ring (bicyclic) bond motifs is 5. The van der Waals surface area contributed by atoms with Gasteiger partial charge in [-0.25, -0.2) is 8.42 Å². The number of phenols is 1. The van der Waals surface area contributed by atoms with E-state index in [0.717, 1.165) is 38.8 Å². The average molecular weight is 475 g/mol. The summed E-state index contributed by atoms with van der Waals surface area (Å²) in [5.41, 5.74) is 0.744. The average Bonchev–Trinajstić information content (AvgIpc) is 2.74. The molecule has 0 aromatic heterocycles. The summed E-state index contributed by atoms with van der Waals surface area (Å²) < 4.78 is 27.4. The zero-order chi connectivity index (χ0) is 23.8. The smallest absolute Gasteiger partial charge is 0.254 e. The first-order chi connectivity index (χ1) is 15.4. The van der Waals surface area contributed by atoms with E-state index in [-0.39, 0.29) is 39.1 Å². The van der Waals surface area contributed by atoms with Crippen molar-refractivity contribution in [2.45, 2.75) is 70.1 Å². The lowest BCUT2D eigenvalue weighted by Gasteiger charge is -2.64. The molecule has 1 aromatic rings. The number of sulfone groups is 1. The van der Waals surface area contributed by atoms with Crippen LogP contribution in [0.25, 0.3) is 0 Å². The molecule has 4 aliphatic rings. The first kappa shape index (κ1) is 23.2. The Bertz CT molecular complexity index is 1090. The number of nitrogens with zero attached hydrogens (tertiary/aromatic N) is 1. The number of nitrogens with one attached hydrogen (secondary N) is 1. The van der Waals surface area contributed by atoms with Crippen LogP contribution >= 0.6 is 0 Å². The molecule has 0 bridgehead atoms. The molecule has 2 aliphatic heterocycles. The van der Waals surface area contributed by atoms with Gasteiger partial charge in [0.05, 0.1) is 10.6 Å². The van der Waals surface area contributed by atoms with Crippen LogP contribution in [0.4, 0.5) is 0 Å². The molecule has 4 unspecified atom stereocenters. The van der Waals surface area contributed by atoms with E-state index in [2.05, 4.69) is 33.0 Å². The topological polar surface area (TPSA) is 86.7 Å². The number of carbonyl (C=O) groups excluding carboxylic acids is 1. The molecule has 2 saturated carbocycles. The van der Waals surface area contributed by atoms with Crippen molar-refractivity contribution >= 4 is 15.7 Å². The van der Waals surface area contributed by atoms with Crippen LogP contribution in [0.15, 0.2) is 17.0 Å². The first-order valence-electron chi connectivity index (χ1n) is 12.5. The van der Waals surface area contributed by atoms with Crippen molar-refractivity contribution in [1.82, 2.24) is 10.2 Å². The Morgan fingerprint density at radius 3 is 2.45 bits per heavy atom. The molecular weight excluding hydrogens is 436 g/mol. The number of aromatic hydroxyl groups is 1. The number of rotatable bonds is 1. The van der Waals surface area contributed by atoms with E-state index in [1.54, 1.807) is 4.90 Å². The SMILES string of the molecule is CC1(C)CCCC2(C)C1CCC1(C)c3c(C(=O)N4CCNCC4)cc(O)cc3S(=O)(=O)CC12. The van der Waals surface area contributed by atoms with Crippen LogP contribution in [0.3, 0.4) is 0 Å². The lowest BCUT2D eigenvalue weighted by molar-refractivity contribution is -0.0982. The molecule has 6 nitrogen and oxygen atoms in total. The monoisotopic (exact) mass is 474 g/mol. The van der Waals surface area contributed by atoms with Gasteiger partial charge in [0, 0.05) is 31.7 Å². The van der Waals surface area contributed by atoms with Gasteiger partial charge in [-0.1, -0.05) is 34.1 Å². The van der Waals surface area contributed by atoms with E-state index in [4.69, 9.17) is 0 Å². The lowest BCUT2D eigenvalue weighted by Crippen LogP contribution is -2.60. The van der Waals surface area contributed by atoms with Gasteiger partial charge in [0.15, 0.2) is 9.84 Å². The van der Waals surface area contributed by atoms with Gasteiger partial charge in [-0.15, -0.1) is 0 Å². The highest BCUT2D eigenvalue weighted by Crippen LogP contribution is 2.67. The van der Waals surface area contributed by atoms with Crippen LogP contribution in [0.2, 0.25) is 0 Å². The van der Waals surface area contributed by atoms with Gasteiger partial charge in [0.2, 0.25) is 0 Å². The highest BCUT2D eigenvalue weighted by molar-refractivity contribution is 7.91. The van der Waals surface area contributed by atoms with Gasteiger partial charge in [-0.05, 0) is 71.5 Å². The van der Waals surface area contributed by atoms with E-state index in [0.29, 0.717) is 30.1 Å². The number of benzene rings is 1. The number of phenolic OH excluding ortho intramolecular Hbond substituents is 1. The van der Waals surface area contributed by atoms with E-state index >= 15 is 0 Å². The number of carbonyl (C=O) groups is 1. The van der Waals surface area contributed by atoms with Gasteiger partial charge >= 0.3 is 0 Å². The Labute approximate surface area is 198 Å². The van der Waals surface area contributed by atoms with Crippen LogP contribution in [0.1, 0.15) is 75.7 Å². The van der Waals surface area contributed by atoms with Crippen LogP contribution in [-0.2, 0) is 15.3 Å². The molecule has 1 amide bonds. The molecule has 3 fully saturated rings. The maximum absolute atomic E-state index is 13.7. The quantitative estimate of drug-likeness (QED) is 0.648. The van der Waals surface area contributed by atoms with E-state index in [1.807, 2.05) is 0 Å². The van der Waals surface area contributed by atoms with Crippen molar-refractivity contribution in [2.75, 3.05) is 31.9 Å². The molecule has 0 spiro atoms. The van der Waals surface area contributed by atoms with Crippen LogP contribution < -0.4 is 5.32 Å². The zero-order valence-electron chi connectivity index (χ0n) is 20.4. The standard InChI is InChI=1S/C26H38N2O4S/c1-24(2)7-5-8-25(3)20(24)6-9-26(4)21(25)16-33(31,32)19-15-17(29)14-18(22(19)26)23(30)28-12-10-27-11-13-28/h14-15,20-21,27,29H,5-13,16H2,1-4H3. The van der Waals surface area contributed by atoms with E-state index in [9.17, 15) is 18.3 Å². The van der Waals surface area contributed by atoms with Gasteiger partial charge < -0.3 is 15.3 Å². The Hall–Kier alpha value is -1.60. The molecule has 4 atom stereocenters. The Kier molecular flexibility index (Phi) is 5.23. The molecule has 1 aromatic carbocycles. The first-order valence-corrected chi connectivity index (χ1v) is 14.2. The Balaban J connectivity index is 1.70. The van der Waals surface area contributed by atoms with Gasteiger partial charge in [-0.2, -0.15) is 0 Å². The summed E-state index contributed by atoms with van der Waals surface area (Å²) in [6, 6.07) is 2.91. The zero-order valence-corrected chi connectivity index (χ0v) is 21.2. The van der Waals surface area contributed by atoms with Crippen molar-refractivity contribution < 1.29 is 18.3 Å². The predicted molar refractivity (Wildman–Crippen MR) is 128 cm³/mol. The second kappa shape index (κ2) is 7.45. The van der Waals surface area contributed by atoms with Gasteiger partial charge in [0.25, 0.3) is 5.91 Å². The van der Waals surface area contributed by atoms with Gasteiger partial charge in [0.1, 0.15) is 5.75 Å². The highest BCUT2D eigenvalue weighted by Gasteiger charge is 2.62. The van der Waals surface area contributed by atoms with Crippen molar-refractivity contribution in [1.29, 1.82) is 0 Å². The minimum atomic E-state index is -3.63. The minimum absolute atomic E-state index is 0.0417. The van der Waals surface area contributed by atoms with Crippen LogP contribution in [-0.4, -0.2) is 56.3 Å². The molecule has 2 N–H and O–H groups in total. The lowest BCUT2D eigenvalue weighted by atomic mass is 9.42. The van der Waals surface area contributed by atoms with Crippen molar-refractivity contribution in [3.63, 3.8) is 0 Å². The second-order valence-electron chi connectivity index (χ2n) is 12.1. The fourth-order valence-corrected chi connectivity index (χ4v) is 10.6. The second-order valence-corrected chi connectivity index (χ2v) is 14.1. The van der Waals surface area contributed by atoms with Crippen molar-refractivity contribution in [3.8, 4) is 5.75 Å². The Morgan fingerprint density at radius 1 is 1.06 bits per heavy atom. The minimum Gasteiger partial charge on any atom is -0.508 e. The predicted octanol–water partition coefficient (Wildman–Crippen LogP) is 3.73. The summed E-state index contributed by atoms with van der Waals surface area (Å²) in [6.45, 7) is 11.8. The molecule has 5 rings (SSSR count). The summed E-state index contributed by atoms with van der Waals surface area (Å²) in [6.07, 6.45) is 5.24. The fourth-order valence-electron chi connectivity index (χ4n) is 8.27. The summed E-state index contributed by atoms with van der Waals surface area (Å²) in [5, 5.41) is 13.8. The molecule has 1 saturated heterocycles. The molecule has 182 valence electrons. The fraction of sp³-hybridized carbons (Fsp3) is 0.731. The third-order valence-electron chi connectivity index (χ3n) is 9.81. The number of hydrogen-bond donors (Lipinski definition) is 2. The van der Waals surface area contributed by atoms with Gasteiger partial charge in [-0.3, -0.25) is 4.79 Å². The molecule has 7 heteroatoms. The highest BCUT2D eigenvalue weighted by atomic mass is 32.2. The Morgan fingerprint density at radius 2 is 1.76 bits per heavy atom. The van der Waals surface area contributed by atoms with E-state index < -0.39 is 15.3 Å². The molecular formula is C26H38N2O4S. The normalized spacial score (nSPS) is 36.9. The molecule has 33 heavy (non-hydrogen) atoms. The maximum atomic E-state index is 13.7. The maximum Gasteiger partial charge on any atom is 0.254 e. The summed E-state index contributed by atoms with van der Waals surface area (Å²) in [4.78, 5) is 15.7. The number of amides is 1.